The molecule has 4 heteroatoms. The van der Waals surface area contributed by atoms with E-state index in [2.05, 4.69) is 0 Å². The van der Waals surface area contributed by atoms with Gasteiger partial charge in [-0.25, -0.2) is 4.39 Å². The summed E-state index contributed by atoms with van der Waals surface area (Å²) in [6.45, 7) is 1.51. The van der Waals surface area contributed by atoms with Crippen molar-refractivity contribution in [2.24, 2.45) is 5.73 Å². The molecule has 13 heavy (non-hydrogen) atoms. The number of nitrogens with two attached hydrogens (primary N) is 2. The van der Waals surface area contributed by atoms with Crippen LogP contribution in [0.25, 0.3) is 0 Å². The van der Waals surface area contributed by atoms with E-state index in [9.17, 15) is 4.39 Å². The van der Waals surface area contributed by atoms with Crippen LogP contribution in [-0.2, 0) is 0 Å². The topological polar surface area (TPSA) is 72.3 Å². The highest BCUT2D eigenvalue weighted by atomic mass is 19.1. The van der Waals surface area contributed by atoms with Crippen molar-refractivity contribution in [2.75, 3.05) is 5.73 Å². The zero-order valence-corrected chi connectivity index (χ0v) is 7.37. The van der Waals surface area contributed by atoms with Crippen LogP contribution in [0.3, 0.4) is 0 Å². The first-order chi connectivity index (χ1) is 6.02. The monoisotopic (exact) mass is 184 g/mol. The largest absolute Gasteiger partial charge is 0.399 e. The first kappa shape index (κ1) is 9.95. The molecule has 5 N–H and O–H groups in total. The first-order valence-electron chi connectivity index (χ1n) is 4.01. The lowest BCUT2D eigenvalue weighted by molar-refractivity contribution is 0.162. The SMILES string of the molecule is CC(O)C(N)c1ccc(N)cc1F. The zero-order valence-electron chi connectivity index (χ0n) is 7.37. The molecule has 2 atom stereocenters. The summed E-state index contributed by atoms with van der Waals surface area (Å²) in [6.07, 6.45) is -0.780. The number of aliphatic hydroxyl groups is 1. The van der Waals surface area contributed by atoms with Crippen molar-refractivity contribution >= 4 is 5.69 Å². The molecule has 1 aromatic rings. The molecule has 2 unspecified atom stereocenters. The van der Waals surface area contributed by atoms with Crippen LogP contribution in [-0.4, -0.2) is 11.2 Å². The van der Waals surface area contributed by atoms with Crippen LogP contribution < -0.4 is 11.5 Å². The molecule has 0 heterocycles. The Morgan fingerprint density at radius 2 is 2.08 bits per heavy atom. The Balaban J connectivity index is 3.01. The summed E-state index contributed by atoms with van der Waals surface area (Å²) in [5.41, 5.74) is 11.5. The van der Waals surface area contributed by atoms with Crippen molar-refractivity contribution in [1.82, 2.24) is 0 Å². The summed E-state index contributed by atoms with van der Waals surface area (Å²) >= 11 is 0. The molecule has 0 radical (unpaired) electrons. The zero-order chi connectivity index (χ0) is 10.0. The van der Waals surface area contributed by atoms with Gasteiger partial charge in [0.1, 0.15) is 5.82 Å². The molecule has 1 rings (SSSR count). The average Bonchev–Trinajstić information content (AvgIpc) is 2.03. The van der Waals surface area contributed by atoms with Gasteiger partial charge in [-0.1, -0.05) is 6.07 Å². The summed E-state index contributed by atoms with van der Waals surface area (Å²) in [6, 6.07) is 3.53. The number of halogens is 1. The standard InChI is InChI=1S/C9H13FN2O/c1-5(13)9(12)7-3-2-6(11)4-8(7)10/h2-5,9,13H,11-12H2,1H3. The minimum atomic E-state index is -0.780. The Bertz CT molecular complexity index is 302. The molecule has 0 aliphatic rings. The second kappa shape index (κ2) is 3.72. The summed E-state index contributed by atoms with van der Waals surface area (Å²) in [7, 11) is 0. The molecule has 0 spiro atoms. The normalized spacial score (nSPS) is 15.4. The number of anilines is 1. The van der Waals surface area contributed by atoms with Crippen LogP contribution in [0.2, 0.25) is 0 Å². The Morgan fingerprint density at radius 3 is 2.54 bits per heavy atom. The molecule has 72 valence electrons. The number of hydrogen-bond acceptors (Lipinski definition) is 3. The number of aliphatic hydroxyl groups excluding tert-OH is 1. The number of benzene rings is 1. The fourth-order valence-corrected chi connectivity index (χ4v) is 1.07. The van der Waals surface area contributed by atoms with Gasteiger partial charge >= 0.3 is 0 Å². The van der Waals surface area contributed by atoms with Crippen LogP contribution in [0.5, 0.6) is 0 Å². The Kier molecular flexibility index (Phi) is 2.85. The van der Waals surface area contributed by atoms with Gasteiger partial charge in [0.15, 0.2) is 0 Å². The predicted molar refractivity (Wildman–Crippen MR) is 49.4 cm³/mol. The summed E-state index contributed by atoms with van der Waals surface area (Å²) in [4.78, 5) is 0. The molecule has 0 saturated carbocycles. The smallest absolute Gasteiger partial charge is 0.130 e. The Morgan fingerprint density at radius 1 is 1.46 bits per heavy atom. The average molecular weight is 184 g/mol. The van der Waals surface area contributed by atoms with Crippen LogP contribution in [0.4, 0.5) is 10.1 Å². The van der Waals surface area contributed by atoms with Gasteiger partial charge < -0.3 is 16.6 Å². The summed E-state index contributed by atoms with van der Waals surface area (Å²) < 4.78 is 13.2. The second-order valence-corrected chi connectivity index (χ2v) is 3.05. The molecular weight excluding hydrogens is 171 g/mol. The van der Waals surface area contributed by atoms with Crippen molar-refractivity contribution in [3.63, 3.8) is 0 Å². The van der Waals surface area contributed by atoms with E-state index in [1.165, 1.54) is 19.1 Å². The van der Waals surface area contributed by atoms with Crippen molar-refractivity contribution in [3.8, 4) is 0 Å². The molecule has 0 aromatic heterocycles. The molecule has 1 aromatic carbocycles. The number of nitrogen functional groups attached to an aromatic ring is 1. The first-order valence-corrected chi connectivity index (χ1v) is 4.01. The van der Waals surface area contributed by atoms with E-state index in [1.54, 1.807) is 6.07 Å². The lowest BCUT2D eigenvalue weighted by Gasteiger charge is -2.15. The van der Waals surface area contributed by atoms with Crippen LogP contribution in [0, 0.1) is 5.82 Å². The quantitative estimate of drug-likeness (QED) is 0.595. The van der Waals surface area contributed by atoms with Gasteiger partial charge in [-0.15, -0.1) is 0 Å². The highest BCUT2D eigenvalue weighted by Gasteiger charge is 2.15. The van der Waals surface area contributed by atoms with E-state index in [4.69, 9.17) is 16.6 Å². The Labute approximate surface area is 76.2 Å². The summed E-state index contributed by atoms with van der Waals surface area (Å²) in [5, 5.41) is 9.15. The molecule has 0 fully saturated rings. The van der Waals surface area contributed by atoms with Gasteiger partial charge in [0.2, 0.25) is 0 Å². The third-order valence-corrected chi connectivity index (χ3v) is 1.90. The highest BCUT2D eigenvalue weighted by molar-refractivity contribution is 5.41. The van der Waals surface area contributed by atoms with E-state index >= 15 is 0 Å². The maximum Gasteiger partial charge on any atom is 0.130 e. The van der Waals surface area contributed by atoms with Crippen LogP contribution in [0.1, 0.15) is 18.5 Å². The van der Waals surface area contributed by atoms with E-state index in [1.807, 2.05) is 0 Å². The third kappa shape index (κ3) is 2.17. The van der Waals surface area contributed by atoms with Crippen molar-refractivity contribution in [1.29, 1.82) is 0 Å². The van der Waals surface area contributed by atoms with Crippen LogP contribution in [0.15, 0.2) is 18.2 Å². The van der Waals surface area contributed by atoms with Gasteiger partial charge in [-0.3, -0.25) is 0 Å². The fraction of sp³-hybridized carbons (Fsp3) is 0.333. The molecular formula is C9H13FN2O. The van der Waals surface area contributed by atoms with E-state index in [0.29, 0.717) is 5.69 Å². The fourth-order valence-electron chi connectivity index (χ4n) is 1.07. The molecule has 0 amide bonds. The highest BCUT2D eigenvalue weighted by Crippen LogP contribution is 2.19. The molecule has 0 aliphatic carbocycles. The van der Waals surface area contributed by atoms with E-state index in [0.717, 1.165) is 0 Å². The Hall–Kier alpha value is -1.13. The van der Waals surface area contributed by atoms with Crippen molar-refractivity contribution in [3.05, 3.63) is 29.6 Å². The van der Waals surface area contributed by atoms with E-state index in [-0.39, 0.29) is 5.56 Å². The lowest BCUT2D eigenvalue weighted by atomic mass is 10.0. The van der Waals surface area contributed by atoms with Crippen LogP contribution >= 0.6 is 0 Å². The third-order valence-electron chi connectivity index (χ3n) is 1.90. The molecule has 0 bridgehead atoms. The van der Waals surface area contributed by atoms with Gasteiger partial charge in [-0.05, 0) is 19.1 Å². The second-order valence-electron chi connectivity index (χ2n) is 3.05. The molecule has 0 saturated heterocycles. The maximum atomic E-state index is 13.2. The van der Waals surface area contributed by atoms with Gasteiger partial charge in [0.25, 0.3) is 0 Å². The maximum absolute atomic E-state index is 13.2. The van der Waals surface area contributed by atoms with E-state index < -0.39 is 18.0 Å². The van der Waals surface area contributed by atoms with Gasteiger partial charge in [0, 0.05) is 11.3 Å². The van der Waals surface area contributed by atoms with Crippen molar-refractivity contribution in [2.45, 2.75) is 19.1 Å². The minimum absolute atomic E-state index is 0.282. The molecule has 3 nitrogen and oxygen atoms in total. The van der Waals surface area contributed by atoms with Crippen molar-refractivity contribution < 1.29 is 9.50 Å². The van der Waals surface area contributed by atoms with Gasteiger partial charge in [0.05, 0.1) is 12.1 Å². The molecule has 0 aliphatic heterocycles. The lowest BCUT2D eigenvalue weighted by Crippen LogP contribution is -2.24. The predicted octanol–water partition coefficient (Wildman–Crippen LogP) is 0.789. The minimum Gasteiger partial charge on any atom is -0.399 e. The number of rotatable bonds is 2. The summed E-state index contributed by atoms with van der Waals surface area (Å²) in [5.74, 6) is -0.478. The van der Waals surface area contributed by atoms with Gasteiger partial charge in [-0.2, -0.15) is 0 Å². The number of hydrogen-bond donors (Lipinski definition) is 3.